The Morgan fingerprint density at radius 3 is 2.37 bits per heavy atom. The molecule has 0 saturated carbocycles. The van der Waals surface area contributed by atoms with Crippen molar-refractivity contribution in [2.24, 2.45) is 0 Å². The van der Waals surface area contributed by atoms with E-state index in [9.17, 15) is 9.59 Å². The molecule has 6 nitrogen and oxygen atoms in total. The molecule has 1 atom stereocenters. The fourth-order valence-corrected chi connectivity index (χ4v) is 3.95. The van der Waals surface area contributed by atoms with E-state index < -0.39 is 12.0 Å². The van der Waals surface area contributed by atoms with Crippen LogP contribution < -0.4 is 10.1 Å². The molecule has 4 aromatic rings. The number of aliphatic carboxylic acids is 1. The van der Waals surface area contributed by atoms with E-state index in [-0.39, 0.29) is 5.91 Å². The molecule has 3 aromatic carbocycles. The minimum atomic E-state index is -1.03. The van der Waals surface area contributed by atoms with E-state index in [0.717, 1.165) is 40.1 Å². The third kappa shape index (κ3) is 6.18. The van der Waals surface area contributed by atoms with Crippen LogP contribution in [0.4, 0.5) is 0 Å². The number of hydrogen-bond acceptors (Lipinski definition) is 3. The maximum Gasteiger partial charge on any atom is 0.328 e. The van der Waals surface area contributed by atoms with Crippen LogP contribution in [0.15, 0.2) is 91.1 Å². The van der Waals surface area contributed by atoms with Gasteiger partial charge in [-0.25, -0.2) is 4.79 Å². The monoisotopic (exact) mass is 468 g/mol. The Morgan fingerprint density at radius 2 is 1.69 bits per heavy atom. The highest BCUT2D eigenvalue weighted by atomic mass is 16.5. The summed E-state index contributed by atoms with van der Waals surface area (Å²) in [7, 11) is 0. The quantitative estimate of drug-likeness (QED) is 0.312. The van der Waals surface area contributed by atoms with Gasteiger partial charge in [0, 0.05) is 35.8 Å². The number of nitrogens with one attached hydrogen (secondary N) is 1. The van der Waals surface area contributed by atoms with Gasteiger partial charge < -0.3 is 19.7 Å². The third-order valence-corrected chi connectivity index (χ3v) is 5.84. The van der Waals surface area contributed by atoms with Crippen molar-refractivity contribution in [2.45, 2.75) is 26.0 Å². The molecule has 0 bridgehead atoms. The Balaban J connectivity index is 1.55. The van der Waals surface area contributed by atoms with Crippen molar-refractivity contribution in [1.82, 2.24) is 9.88 Å². The van der Waals surface area contributed by atoms with Crippen LogP contribution in [0.3, 0.4) is 0 Å². The van der Waals surface area contributed by atoms with Crippen molar-refractivity contribution in [3.05, 3.63) is 108 Å². The molecule has 0 radical (unpaired) electrons. The molecule has 0 aliphatic heterocycles. The normalized spacial score (nSPS) is 12.0. The Labute approximate surface area is 204 Å². The summed E-state index contributed by atoms with van der Waals surface area (Å²) < 4.78 is 7.86. The van der Waals surface area contributed by atoms with Gasteiger partial charge in [-0.1, -0.05) is 60.7 Å². The van der Waals surface area contributed by atoms with E-state index in [0.29, 0.717) is 18.9 Å². The number of carbonyl (C=O) groups excluding carboxylic acids is 1. The van der Waals surface area contributed by atoms with Gasteiger partial charge in [0.2, 0.25) is 5.91 Å². The van der Waals surface area contributed by atoms with E-state index in [2.05, 4.69) is 5.32 Å². The van der Waals surface area contributed by atoms with Gasteiger partial charge in [-0.2, -0.15) is 0 Å². The number of aromatic nitrogens is 1. The number of benzene rings is 3. The summed E-state index contributed by atoms with van der Waals surface area (Å²) in [5.41, 5.74) is 3.74. The van der Waals surface area contributed by atoms with Gasteiger partial charge in [-0.05, 0) is 42.7 Å². The molecule has 0 fully saturated rings. The maximum absolute atomic E-state index is 13.0. The number of fused-ring (bicyclic) bond motifs is 1. The summed E-state index contributed by atoms with van der Waals surface area (Å²) in [5.74, 6) is -0.464. The van der Waals surface area contributed by atoms with Crippen molar-refractivity contribution in [3.8, 4) is 5.75 Å². The summed E-state index contributed by atoms with van der Waals surface area (Å²) in [6.45, 7) is 2.79. The molecule has 4 rings (SSSR count). The highest BCUT2D eigenvalue weighted by Crippen LogP contribution is 2.30. The minimum absolute atomic E-state index is 0.109. The van der Waals surface area contributed by atoms with E-state index in [1.165, 1.54) is 0 Å². The zero-order valence-electron chi connectivity index (χ0n) is 19.6. The molecule has 1 unspecified atom stereocenters. The SMILES string of the molecule is CC(C(=O)NCCc1ccccc1)n1cc(C=CC(=O)O)c2ccc(OCc3ccccc3)cc21. The van der Waals surface area contributed by atoms with Crippen molar-refractivity contribution < 1.29 is 19.4 Å². The third-order valence-electron chi connectivity index (χ3n) is 5.84. The zero-order valence-corrected chi connectivity index (χ0v) is 19.6. The summed E-state index contributed by atoms with van der Waals surface area (Å²) in [6, 6.07) is 25.0. The number of amides is 1. The Kier molecular flexibility index (Phi) is 7.63. The molecule has 6 heteroatoms. The van der Waals surface area contributed by atoms with E-state index >= 15 is 0 Å². The first-order valence-corrected chi connectivity index (χ1v) is 11.6. The van der Waals surface area contributed by atoms with Crippen LogP contribution in [0.1, 0.15) is 29.7 Å². The first kappa shape index (κ1) is 23.8. The molecular formula is C29H28N2O4. The average molecular weight is 469 g/mol. The van der Waals surface area contributed by atoms with E-state index in [1.54, 1.807) is 6.08 Å². The molecule has 1 amide bonds. The Hall–Kier alpha value is -4.32. The number of carboxylic acids is 1. The molecular weight excluding hydrogens is 440 g/mol. The van der Waals surface area contributed by atoms with Crippen LogP contribution >= 0.6 is 0 Å². The fourth-order valence-electron chi connectivity index (χ4n) is 3.95. The molecule has 0 spiro atoms. The molecule has 1 aromatic heterocycles. The van der Waals surface area contributed by atoms with Gasteiger partial charge in [-0.3, -0.25) is 4.79 Å². The highest BCUT2D eigenvalue weighted by Gasteiger charge is 2.19. The van der Waals surface area contributed by atoms with Gasteiger partial charge >= 0.3 is 5.97 Å². The van der Waals surface area contributed by atoms with Gasteiger partial charge in [0.05, 0.1) is 5.52 Å². The number of ether oxygens (including phenoxy) is 1. The molecule has 35 heavy (non-hydrogen) atoms. The Bertz CT molecular complexity index is 1330. The molecule has 0 aliphatic carbocycles. The summed E-state index contributed by atoms with van der Waals surface area (Å²) >= 11 is 0. The van der Waals surface area contributed by atoms with E-state index in [1.807, 2.05) is 96.6 Å². The molecule has 0 saturated heterocycles. The van der Waals surface area contributed by atoms with Crippen molar-refractivity contribution >= 4 is 28.9 Å². The maximum atomic E-state index is 13.0. The van der Waals surface area contributed by atoms with Gasteiger partial charge in [0.15, 0.2) is 0 Å². The standard InChI is InChI=1S/C29H28N2O4/c1-21(29(34)30-17-16-22-8-4-2-5-9-22)31-19-24(12-15-28(32)33)26-14-13-25(18-27(26)31)35-20-23-10-6-3-7-11-23/h2-15,18-19,21H,16-17,20H2,1H3,(H,30,34)(H,32,33). The number of carboxylic acid groups (broad SMARTS) is 1. The van der Waals surface area contributed by atoms with Crippen LogP contribution in [0, 0.1) is 0 Å². The molecule has 2 N–H and O–H groups in total. The smallest absolute Gasteiger partial charge is 0.328 e. The second-order valence-electron chi connectivity index (χ2n) is 8.32. The lowest BCUT2D eigenvalue weighted by Crippen LogP contribution is -2.32. The molecule has 1 heterocycles. The van der Waals surface area contributed by atoms with Crippen LogP contribution in [0.5, 0.6) is 5.75 Å². The average Bonchev–Trinajstić information content (AvgIpc) is 3.24. The summed E-state index contributed by atoms with van der Waals surface area (Å²) in [5, 5.41) is 12.9. The van der Waals surface area contributed by atoms with Gasteiger partial charge in [0.1, 0.15) is 18.4 Å². The number of carbonyl (C=O) groups is 2. The highest BCUT2D eigenvalue weighted by molar-refractivity contribution is 5.95. The van der Waals surface area contributed by atoms with Gasteiger partial charge in [-0.15, -0.1) is 0 Å². The van der Waals surface area contributed by atoms with Crippen molar-refractivity contribution in [1.29, 1.82) is 0 Å². The second-order valence-corrected chi connectivity index (χ2v) is 8.32. The van der Waals surface area contributed by atoms with Crippen LogP contribution in [0.25, 0.3) is 17.0 Å². The number of rotatable bonds is 10. The largest absolute Gasteiger partial charge is 0.489 e. The lowest BCUT2D eigenvalue weighted by Gasteiger charge is -2.16. The van der Waals surface area contributed by atoms with Crippen molar-refractivity contribution in [3.63, 3.8) is 0 Å². The predicted molar refractivity (Wildman–Crippen MR) is 137 cm³/mol. The Morgan fingerprint density at radius 1 is 1.00 bits per heavy atom. The van der Waals surface area contributed by atoms with Crippen LogP contribution in [-0.4, -0.2) is 28.1 Å². The summed E-state index contributed by atoms with van der Waals surface area (Å²) in [6.07, 6.45) is 5.21. The summed E-state index contributed by atoms with van der Waals surface area (Å²) in [4.78, 5) is 24.1. The molecule has 0 aliphatic rings. The van der Waals surface area contributed by atoms with Gasteiger partial charge in [0.25, 0.3) is 0 Å². The predicted octanol–water partition coefficient (Wildman–Crippen LogP) is 5.24. The van der Waals surface area contributed by atoms with E-state index in [4.69, 9.17) is 9.84 Å². The number of hydrogen-bond donors (Lipinski definition) is 2. The lowest BCUT2D eigenvalue weighted by molar-refractivity contribution is -0.131. The lowest BCUT2D eigenvalue weighted by atomic mass is 10.1. The topological polar surface area (TPSA) is 80.6 Å². The second kappa shape index (κ2) is 11.2. The van der Waals surface area contributed by atoms with Crippen LogP contribution in [0.2, 0.25) is 0 Å². The number of nitrogens with zero attached hydrogens (tertiary/aromatic N) is 1. The minimum Gasteiger partial charge on any atom is -0.489 e. The fraction of sp³-hybridized carbons (Fsp3) is 0.172. The van der Waals surface area contributed by atoms with Crippen LogP contribution in [-0.2, 0) is 22.6 Å². The zero-order chi connectivity index (χ0) is 24.6. The first-order valence-electron chi connectivity index (χ1n) is 11.6. The van der Waals surface area contributed by atoms with Crippen molar-refractivity contribution in [2.75, 3.05) is 6.54 Å². The first-order chi connectivity index (χ1) is 17.0. The molecule has 178 valence electrons.